The zero-order valence-corrected chi connectivity index (χ0v) is 14.9. The molecular formula is C16H29N5S. The van der Waals surface area contributed by atoms with E-state index in [1.807, 2.05) is 0 Å². The van der Waals surface area contributed by atoms with Gasteiger partial charge in [0.15, 0.2) is 11.1 Å². The Balaban J connectivity index is 1.83. The van der Waals surface area contributed by atoms with Gasteiger partial charge in [-0.15, -0.1) is 11.3 Å². The summed E-state index contributed by atoms with van der Waals surface area (Å²) in [5.74, 6) is 0.909. The van der Waals surface area contributed by atoms with Crippen molar-refractivity contribution in [3.63, 3.8) is 0 Å². The molecule has 2 rings (SSSR count). The number of anilines is 1. The molecule has 1 atom stereocenters. The second-order valence-corrected chi connectivity index (χ2v) is 6.62. The van der Waals surface area contributed by atoms with Crippen LogP contribution in [0.2, 0.25) is 0 Å². The van der Waals surface area contributed by atoms with Crippen LogP contribution in [0.1, 0.15) is 45.7 Å². The van der Waals surface area contributed by atoms with E-state index in [0.717, 1.165) is 50.7 Å². The molecular weight excluding hydrogens is 294 g/mol. The fraction of sp³-hybridized carbons (Fsp3) is 0.750. The normalized spacial score (nSPS) is 16.9. The molecule has 6 heteroatoms. The van der Waals surface area contributed by atoms with E-state index in [-0.39, 0.29) is 0 Å². The molecule has 5 nitrogen and oxygen atoms in total. The molecule has 0 aliphatic carbocycles. The molecule has 1 aliphatic rings. The largest absolute Gasteiger partial charge is 0.357 e. The van der Waals surface area contributed by atoms with Crippen molar-refractivity contribution in [3.05, 3.63) is 11.1 Å². The number of guanidine groups is 1. The number of rotatable bonds is 7. The molecule has 1 saturated heterocycles. The first kappa shape index (κ1) is 17.1. The lowest BCUT2D eigenvalue weighted by Gasteiger charge is -2.16. The molecule has 0 amide bonds. The molecule has 1 unspecified atom stereocenters. The summed E-state index contributed by atoms with van der Waals surface area (Å²) in [4.78, 5) is 11.8. The average Bonchev–Trinajstić information content (AvgIpc) is 3.18. The molecule has 1 aliphatic heterocycles. The fourth-order valence-electron chi connectivity index (χ4n) is 2.40. The summed E-state index contributed by atoms with van der Waals surface area (Å²) < 4.78 is 0. The molecule has 1 aromatic heterocycles. The highest BCUT2D eigenvalue weighted by Gasteiger charge is 2.15. The number of hydrogen-bond donors (Lipinski definition) is 2. The zero-order chi connectivity index (χ0) is 15.8. The Morgan fingerprint density at radius 1 is 1.41 bits per heavy atom. The van der Waals surface area contributed by atoms with Gasteiger partial charge in [-0.05, 0) is 33.1 Å². The SMILES string of the molecule is CCNC(=NCCc1csc(N2CCCC2)n1)NC(C)CC. The number of thiazole rings is 1. The minimum absolute atomic E-state index is 0.443. The van der Waals surface area contributed by atoms with Crippen LogP contribution < -0.4 is 15.5 Å². The van der Waals surface area contributed by atoms with Crippen molar-refractivity contribution in [2.24, 2.45) is 4.99 Å². The average molecular weight is 324 g/mol. The molecule has 0 saturated carbocycles. The van der Waals surface area contributed by atoms with Gasteiger partial charge in [0.25, 0.3) is 0 Å². The topological polar surface area (TPSA) is 52.6 Å². The standard InChI is InChI=1S/C16H29N5S/c1-4-13(3)19-15(17-5-2)18-9-8-14-12-22-16(20-14)21-10-6-7-11-21/h12-13H,4-11H2,1-3H3,(H2,17,18,19). The minimum atomic E-state index is 0.443. The molecule has 0 bridgehead atoms. The van der Waals surface area contributed by atoms with Gasteiger partial charge in [-0.1, -0.05) is 6.92 Å². The lowest BCUT2D eigenvalue weighted by molar-refractivity contribution is 0.624. The molecule has 1 aromatic rings. The Kier molecular flexibility index (Phi) is 6.96. The Morgan fingerprint density at radius 2 is 2.18 bits per heavy atom. The van der Waals surface area contributed by atoms with Crippen LogP contribution in [0.4, 0.5) is 5.13 Å². The van der Waals surface area contributed by atoms with E-state index in [2.05, 4.69) is 46.7 Å². The third kappa shape index (κ3) is 5.16. The summed E-state index contributed by atoms with van der Waals surface area (Å²) in [6.07, 6.45) is 4.59. The van der Waals surface area contributed by atoms with Crippen LogP contribution in [0.3, 0.4) is 0 Å². The highest BCUT2D eigenvalue weighted by atomic mass is 32.1. The summed E-state index contributed by atoms with van der Waals surface area (Å²) in [6.45, 7) is 10.4. The monoisotopic (exact) mass is 323 g/mol. The lowest BCUT2D eigenvalue weighted by atomic mass is 10.3. The second-order valence-electron chi connectivity index (χ2n) is 5.78. The van der Waals surface area contributed by atoms with Gasteiger partial charge >= 0.3 is 0 Å². The first-order valence-electron chi connectivity index (χ1n) is 8.47. The van der Waals surface area contributed by atoms with Gasteiger partial charge in [-0.25, -0.2) is 4.98 Å². The summed E-state index contributed by atoms with van der Waals surface area (Å²) in [6, 6.07) is 0.443. The second kappa shape index (κ2) is 8.98. The van der Waals surface area contributed by atoms with Crippen molar-refractivity contribution in [2.75, 3.05) is 31.1 Å². The Labute approximate surface area is 138 Å². The summed E-state index contributed by atoms with van der Waals surface area (Å²) in [7, 11) is 0. The van der Waals surface area contributed by atoms with E-state index in [4.69, 9.17) is 4.98 Å². The van der Waals surface area contributed by atoms with Crippen molar-refractivity contribution in [1.29, 1.82) is 0 Å². The van der Waals surface area contributed by atoms with Gasteiger partial charge in [-0.3, -0.25) is 4.99 Å². The van der Waals surface area contributed by atoms with Gasteiger partial charge in [0.1, 0.15) is 0 Å². The van der Waals surface area contributed by atoms with Crippen molar-refractivity contribution in [3.8, 4) is 0 Å². The van der Waals surface area contributed by atoms with Gasteiger partial charge in [0.05, 0.1) is 5.69 Å². The van der Waals surface area contributed by atoms with E-state index in [0.29, 0.717) is 6.04 Å². The fourth-order valence-corrected chi connectivity index (χ4v) is 3.32. The number of nitrogens with zero attached hydrogens (tertiary/aromatic N) is 3. The zero-order valence-electron chi connectivity index (χ0n) is 14.1. The van der Waals surface area contributed by atoms with Crippen molar-refractivity contribution in [1.82, 2.24) is 15.6 Å². The van der Waals surface area contributed by atoms with E-state index in [9.17, 15) is 0 Å². The Morgan fingerprint density at radius 3 is 2.86 bits per heavy atom. The molecule has 0 radical (unpaired) electrons. The minimum Gasteiger partial charge on any atom is -0.357 e. The summed E-state index contributed by atoms with van der Waals surface area (Å²) in [5, 5.41) is 10.1. The third-order valence-electron chi connectivity index (χ3n) is 3.89. The van der Waals surface area contributed by atoms with E-state index >= 15 is 0 Å². The molecule has 2 heterocycles. The number of hydrogen-bond acceptors (Lipinski definition) is 4. The quantitative estimate of drug-likeness (QED) is 0.598. The predicted octanol–water partition coefficient (Wildman–Crippen LogP) is 2.64. The van der Waals surface area contributed by atoms with Crippen molar-refractivity contribution >= 4 is 22.4 Å². The highest BCUT2D eigenvalue weighted by molar-refractivity contribution is 7.13. The molecule has 22 heavy (non-hydrogen) atoms. The van der Waals surface area contributed by atoms with Crippen molar-refractivity contribution < 1.29 is 0 Å². The van der Waals surface area contributed by atoms with Crippen LogP contribution in [-0.2, 0) is 6.42 Å². The first-order chi connectivity index (χ1) is 10.7. The third-order valence-corrected chi connectivity index (χ3v) is 4.84. The number of aromatic nitrogens is 1. The van der Waals surface area contributed by atoms with Gasteiger partial charge in [0, 0.05) is 44.0 Å². The van der Waals surface area contributed by atoms with Crippen molar-refractivity contribution in [2.45, 2.75) is 52.5 Å². The predicted molar refractivity (Wildman–Crippen MR) is 96.1 cm³/mol. The van der Waals surface area contributed by atoms with Gasteiger partial charge in [-0.2, -0.15) is 0 Å². The summed E-state index contributed by atoms with van der Waals surface area (Å²) in [5.41, 5.74) is 1.16. The van der Waals surface area contributed by atoms with E-state index in [1.54, 1.807) is 11.3 Å². The van der Waals surface area contributed by atoms with Crippen LogP contribution >= 0.6 is 11.3 Å². The summed E-state index contributed by atoms with van der Waals surface area (Å²) >= 11 is 1.77. The maximum Gasteiger partial charge on any atom is 0.191 e. The first-order valence-corrected chi connectivity index (χ1v) is 9.35. The van der Waals surface area contributed by atoms with Crippen LogP contribution in [0.5, 0.6) is 0 Å². The lowest BCUT2D eigenvalue weighted by Crippen LogP contribution is -2.42. The molecule has 124 valence electrons. The Hall–Kier alpha value is -1.30. The maximum absolute atomic E-state index is 4.75. The molecule has 2 N–H and O–H groups in total. The van der Waals surface area contributed by atoms with E-state index < -0.39 is 0 Å². The van der Waals surface area contributed by atoms with E-state index in [1.165, 1.54) is 18.0 Å². The smallest absolute Gasteiger partial charge is 0.191 e. The number of aliphatic imine (C=N–C) groups is 1. The van der Waals surface area contributed by atoms with Gasteiger partial charge < -0.3 is 15.5 Å². The van der Waals surface area contributed by atoms with Crippen LogP contribution in [0.25, 0.3) is 0 Å². The highest BCUT2D eigenvalue weighted by Crippen LogP contribution is 2.24. The van der Waals surface area contributed by atoms with Crippen LogP contribution in [0, 0.1) is 0 Å². The molecule has 0 spiro atoms. The van der Waals surface area contributed by atoms with Crippen LogP contribution in [-0.4, -0.2) is 43.2 Å². The number of nitrogens with one attached hydrogen (secondary N) is 2. The maximum atomic E-state index is 4.75. The van der Waals surface area contributed by atoms with Crippen LogP contribution in [0.15, 0.2) is 10.4 Å². The Bertz CT molecular complexity index is 465. The molecule has 1 fully saturated rings. The van der Waals surface area contributed by atoms with Gasteiger partial charge in [0.2, 0.25) is 0 Å². The molecule has 0 aromatic carbocycles.